The molecule has 23 heavy (non-hydrogen) atoms. The van der Waals surface area contributed by atoms with Crippen molar-refractivity contribution in [3.8, 4) is 0 Å². The first-order valence-electron chi connectivity index (χ1n) is 7.91. The second kappa shape index (κ2) is 9.04. The number of nitrogens with one attached hydrogen (secondary N) is 1. The third kappa shape index (κ3) is 5.96. The minimum Gasteiger partial charge on any atom is -0.385 e. The fourth-order valence-corrected chi connectivity index (χ4v) is 2.78. The zero-order chi connectivity index (χ0) is 16.7. The van der Waals surface area contributed by atoms with E-state index in [1.807, 2.05) is 30.3 Å². The average molecular weight is 335 g/mol. The SMILES string of the molecule is Cc1ccccc1C[NH+](C)C[C@@H](O)COCc1ccccc1Cl. The Labute approximate surface area is 143 Å². The van der Waals surface area contributed by atoms with E-state index in [0.29, 0.717) is 24.8 Å². The first kappa shape index (κ1) is 18.0. The van der Waals surface area contributed by atoms with Crippen LogP contribution in [0.15, 0.2) is 48.5 Å². The molecule has 0 aliphatic heterocycles. The summed E-state index contributed by atoms with van der Waals surface area (Å²) in [6.07, 6.45) is -0.485. The van der Waals surface area contributed by atoms with Crippen LogP contribution in [0.4, 0.5) is 0 Å². The average Bonchev–Trinajstić information content (AvgIpc) is 2.51. The molecule has 0 heterocycles. The van der Waals surface area contributed by atoms with Crippen LogP contribution in [0.25, 0.3) is 0 Å². The molecule has 2 aromatic rings. The van der Waals surface area contributed by atoms with Gasteiger partial charge in [0.15, 0.2) is 0 Å². The Morgan fingerprint density at radius 1 is 1.09 bits per heavy atom. The van der Waals surface area contributed by atoms with Gasteiger partial charge in [0.25, 0.3) is 0 Å². The maximum atomic E-state index is 10.1. The number of aryl methyl sites for hydroxylation is 1. The zero-order valence-electron chi connectivity index (χ0n) is 13.8. The van der Waals surface area contributed by atoms with E-state index in [1.165, 1.54) is 16.0 Å². The molecule has 0 aromatic heterocycles. The summed E-state index contributed by atoms with van der Waals surface area (Å²) < 4.78 is 5.59. The molecule has 2 N–H and O–H groups in total. The van der Waals surface area contributed by atoms with Gasteiger partial charge in [0.1, 0.15) is 19.2 Å². The van der Waals surface area contributed by atoms with Gasteiger partial charge in [-0.3, -0.25) is 0 Å². The van der Waals surface area contributed by atoms with Crippen LogP contribution in [-0.4, -0.2) is 31.4 Å². The van der Waals surface area contributed by atoms with Gasteiger partial charge in [0.2, 0.25) is 0 Å². The molecule has 0 bridgehead atoms. The number of halogens is 1. The molecule has 0 aliphatic rings. The molecular weight excluding hydrogens is 310 g/mol. The van der Waals surface area contributed by atoms with Gasteiger partial charge in [-0.1, -0.05) is 54.1 Å². The molecule has 0 radical (unpaired) electrons. The maximum Gasteiger partial charge on any atom is 0.126 e. The van der Waals surface area contributed by atoms with Crippen molar-refractivity contribution in [3.05, 3.63) is 70.2 Å². The Bertz CT molecular complexity index is 618. The molecule has 4 heteroatoms. The Morgan fingerprint density at radius 2 is 1.74 bits per heavy atom. The van der Waals surface area contributed by atoms with Crippen molar-refractivity contribution in [1.29, 1.82) is 0 Å². The summed E-state index contributed by atoms with van der Waals surface area (Å²) in [5, 5.41) is 10.8. The summed E-state index contributed by atoms with van der Waals surface area (Å²) in [7, 11) is 2.09. The highest BCUT2D eigenvalue weighted by Crippen LogP contribution is 2.15. The van der Waals surface area contributed by atoms with Gasteiger partial charge in [0.05, 0.1) is 20.3 Å². The lowest BCUT2D eigenvalue weighted by molar-refractivity contribution is -0.897. The van der Waals surface area contributed by atoms with E-state index in [9.17, 15) is 5.11 Å². The topological polar surface area (TPSA) is 33.9 Å². The molecule has 2 rings (SSSR count). The molecule has 1 unspecified atom stereocenters. The van der Waals surface area contributed by atoms with Gasteiger partial charge in [-0.05, 0) is 24.1 Å². The van der Waals surface area contributed by atoms with E-state index in [4.69, 9.17) is 16.3 Å². The summed E-state index contributed by atoms with van der Waals surface area (Å²) in [5.74, 6) is 0. The molecule has 2 atom stereocenters. The molecule has 3 nitrogen and oxygen atoms in total. The van der Waals surface area contributed by atoms with Crippen molar-refractivity contribution in [2.45, 2.75) is 26.2 Å². The molecule has 0 saturated heterocycles. The molecule has 0 saturated carbocycles. The van der Waals surface area contributed by atoms with Crippen molar-refractivity contribution in [1.82, 2.24) is 0 Å². The Morgan fingerprint density at radius 3 is 2.43 bits per heavy atom. The highest BCUT2D eigenvalue weighted by atomic mass is 35.5. The van der Waals surface area contributed by atoms with E-state index >= 15 is 0 Å². The minimum absolute atomic E-state index is 0.316. The summed E-state index contributed by atoms with van der Waals surface area (Å²) >= 11 is 6.08. The molecule has 0 fully saturated rings. The summed E-state index contributed by atoms with van der Waals surface area (Å²) in [6, 6.07) is 16.0. The van der Waals surface area contributed by atoms with E-state index in [-0.39, 0.29) is 0 Å². The maximum absolute atomic E-state index is 10.1. The molecule has 124 valence electrons. The van der Waals surface area contributed by atoms with Gasteiger partial charge in [-0.15, -0.1) is 0 Å². The van der Waals surface area contributed by atoms with Crippen LogP contribution in [0.1, 0.15) is 16.7 Å². The fraction of sp³-hybridized carbons (Fsp3) is 0.368. The number of likely N-dealkylation sites (N-methyl/N-ethyl adjacent to an activating group) is 1. The second-order valence-corrected chi connectivity index (χ2v) is 6.43. The van der Waals surface area contributed by atoms with E-state index in [1.54, 1.807) is 0 Å². The van der Waals surface area contributed by atoms with Crippen molar-refractivity contribution < 1.29 is 14.7 Å². The number of benzene rings is 2. The van der Waals surface area contributed by atoms with Gasteiger partial charge >= 0.3 is 0 Å². The van der Waals surface area contributed by atoms with Gasteiger partial charge in [0, 0.05) is 10.6 Å². The van der Waals surface area contributed by atoms with Gasteiger partial charge in [-0.25, -0.2) is 0 Å². The van der Waals surface area contributed by atoms with Gasteiger partial charge in [-0.2, -0.15) is 0 Å². The third-order valence-corrected chi connectivity index (χ3v) is 4.23. The zero-order valence-corrected chi connectivity index (χ0v) is 14.5. The fourth-order valence-electron chi connectivity index (χ4n) is 2.59. The molecule has 2 aromatic carbocycles. The number of hydrogen-bond donors (Lipinski definition) is 2. The number of hydrogen-bond acceptors (Lipinski definition) is 2. The van der Waals surface area contributed by atoms with Crippen LogP contribution in [-0.2, 0) is 17.9 Å². The molecular formula is C19H25ClNO2+. The first-order valence-corrected chi connectivity index (χ1v) is 8.29. The van der Waals surface area contributed by atoms with Crippen LogP contribution in [0.5, 0.6) is 0 Å². The van der Waals surface area contributed by atoms with E-state index < -0.39 is 6.10 Å². The van der Waals surface area contributed by atoms with Crippen molar-refractivity contribution in [2.24, 2.45) is 0 Å². The highest BCUT2D eigenvalue weighted by Gasteiger charge is 2.13. The molecule has 0 spiro atoms. The summed E-state index contributed by atoms with van der Waals surface area (Å²) in [6.45, 7) is 4.40. The van der Waals surface area contributed by atoms with E-state index in [2.05, 4.69) is 32.2 Å². The van der Waals surface area contributed by atoms with Crippen LogP contribution < -0.4 is 4.90 Å². The lowest BCUT2D eigenvalue weighted by Gasteiger charge is -2.19. The summed E-state index contributed by atoms with van der Waals surface area (Å²) in [4.78, 5) is 1.26. The lowest BCUT2D eigenvalue weighted by atomic mass is 10.1. The predicted octanol–water partition coefficient (Wildman–Crippen LogP) is 2.24. The van der Waals surface area contributed by atoms with Crippen LogP contribution in [0.2, 0.25) is 5.02 Å². The van der Waals surface area contributed by atoms with Crippen molar-refractivity contribution >= 4 is 11.6 Å². The predicted molar refractivity (Wildman–Crippen MR) is 93.8 cm³/mol. The Balaban J connectivity index is 1.73. The summed E-state index contributed by atoms with van der Waals surface area (Å²) in [5.41, 5.74) is 3.55. The van der Waals surface area contributed by atoms with Crippen molar-refractivity contribution in [3.63, 3.8) is 0 Å². The van der Waals surface area contributed by atoms with Crippen LogP contribution >= 0.6 is 11.6 Å². The smallest absolute Gasteiger partial charge is 0.126 e. The molecule has 0 aliphatic carbocycles. The highest BCUT2D eigenvalue weighted by molar-refractivity contribution is 6.31. The third-order valence-electron chi connectivity index (χ3n) is 3.86. The first-order chi connectivity index (χ1) is 11.1. The van der Waals surface area contributed by atoms with Crippen LogP contribution in [0, 0.1) is 6.92 Å². The van der Waals surface area contributed by atoms with E-state index in [0.717, 1.165) is 12.1 Å². The number of quaternary nitrogens is 1. The largest absolute Gasteiger partial charge is 0.385 e. The number of rotatable bonds is 8. The second-order valence-electron chi connectivity index (χ2n) is 6.02. The Hall–Kier alpha value is -1.39. The quantitative estimate of drug-likeness (QED) is 0.776. The number of aliphatic hydroxyl groups is 1. The molecule has 0 amide bonds. The number of aliphatic hydroxyl groups excluding tert-OH is 1. The standard InChI is InChI=1S/C19H24ClNO2/c1-15-7-3-4-8-16(15)11-21(2)12-18(22)14-23-13-17-9-5-6-10-19(17)20/h3-10,18,22H,11-14H2,1-2H3/p+1/t18-/m1/s1. The lowest BCUT2D eigenvalue weighted by Crippen LogP contribution is -3.09. The monoisotopic (exact) mass is 334 g/mol. The Kier molecular flexibility index (Phi) is 7.06. The normalized spacial score (nSPS) is 13.7. The van der Waals surface area contributed by atoms with Crippen molar-refractivity contribution in [2.75, 3.05) is 20.2 Å². The van der Waals surface area contributed by atoms with Gasteiger partial charge < -0.3 is 14.7 Å². The number of ether oxygens (including phenoxy) is 1. The minimum atomic E-state index is -0.485. The van der Waals surface area contributed by atoms with Crippen LogP contribution in [0.3, 0.4) is 0 Å².